The Hall–Kier alpha value is -1.67. The molecule has 2 rings (SSSR count). The third kappa shape index (κ3) is 2.85. The summed E-state index contributed by atoms with van der Waals surface area (Å²) in [7, 11) is -2.12. The lowest BCUT2D eigenvalue weighted by atomic mass is 10.3. The van der Waals surface area contributed by atoms with Crippen molar-refractivity contribution in [1.82, 2.24) is 4.31 Å². The molecule has 1 fully saturated rings. The molecule has 0 bridgehead atoms. The van der Waals surface area contributed by atoms with Crippen LogP contribution in [0.15, 0.2) is 23.1 Å². The number of hydrogen-bond acceptors (Lipinski definition) is 5. The molecule has 0 saturated heterocycles. The molecule has 0 spiro atoms. The molecule has 19 heavy (non-hydrogen) atoms. The van der Waals surface area contributed by atoms with Crippen LogP contribution in [0.5, 0.6) is 0 Å². The van der Waals surface area contributed by atoms with Gasteiger partial charge in [-0.15, -0.1) is 0 Å². The number of anilines is 1. The maximum atomic E-state index is 12.2. The molecule has 8 heteroatoms. The minimum atomic E-state index is -3.63. The first-order valence-electron chi connectivity index (χ1n) is 5.82. The summed E-state index contributed by atoms with van der Waals surface area (Å²) in [4.78, 5) is 9.98. The summed E-state index contributed by atoms with van der Waals surface area (Å²) < 4.78 is 25.7. The van der Waals surface area contributed by atoms with Crippen molar-refractivity contribution in [2.45, 2.75) is 17.7 Å². The molecule has 0 amide bonds. The second kappa shape index (κ2) is 4.78. The van der Waals surface area contributed by atoms with Crippen LogP contribution in [0.4, 0.5) is 11.4 Å². The van der Waals surface area contributed by atoms with E-state index >= 15 is 0 Å². The smallest absolute Gasteiger partial charge is 0.292 e. The lowest BCUT2D eigenvalue weighted by Crippen LogP contribution is -2.29. The standard InChI is InChI=1S/C11H15N3O4S/c1-13(7-8-2-3-8)19(17,18)9-4-5-11(14(15)16)10(12)6-9/h4-6,8H,2-3,7,12H2,1H3. The predicted octanol–water partition coefficient (Wildman–Crippen LogP) is 1.21. The summed E-state index contributed by atoms with van der Waals surface area (Å²) >= 11 is 0. The number of sulfonamides is 1. The van der Waals surface area contributed by atoms with E-state index in [0.717, 1.165) is 25.0 Å². The van der Waals surface area contributed by atoms with Crippen molar-refractivity contribution >= 4 is 21.4 Å². The number of nitro groups is 1. The number of nitrogens with two attached hydrogens (primary N) is 1. The van der Waals surface area contributed by atoms with Crippen molar-refractivity contribution in [3.05, 3.63) is 28.3 Å². The zero-order valence-electron chi connectivity index (χ0n) is 10.4. The normalized spacial score (nSPS) is 15.7. The Bertz CT molecular complexity index is 610. The Morgan fingerprint density at radius 1 is 1.47 bits per heavy atom. The molecule has 2 N–H and O–H groups in total. The third-order valence-electron chi connectivity index (χ3n) is 3.12. The molecule has 0 atom stereocenters. The van der Waals surface area contributed by atoms with Gasteiger partial charge in [-0.2, -0.15) is 0 Å². The molecule has 1 aliphatic carbocycles. The summed E-state index contributed by atoms with van der Waals surface area (Å²) in [5.41, 5.74) is 5.07. The highest BCUT2D eigenvalue weighted by Crippen LogP contribution is 2.32. The summed E-state index contributed by atoms with van der Waals surface area (Å²) in [6, 6.07) is 3.47. The Morgan fingerprint density at radius 2 is 2.11 bits per heavy atom. The number of nitro benzene ring substituents is 1. The number of hydrogen-bond donors (Lipinski definition) is 1. The first kappa shape index (κ1) is 13.8. The lowest BCUT2D eigenvalue weighted by Gasteiger charge is -2.16. The maximum Gasteiger partial charge on any atom is 0.292 e. The van der Waals surface area contributed by atoms with Gasteiger partial charge in [0.15, 0.2) is 0 Å². The molecule has 104 valence electrons. The van der Waals surface area contributed by atoms with E-state index in [0.29, 0.717) is 12.5 Å². The highest BCUT2D eigenvalue weighted by atomic mass is 32.2. The van der Waals surface area contributed by atoms with E-state index in [1.54, 1.807) is 0 Å². The summed E-state index contributed by atoms with van der Waals surface area (Å²) in [6.45, 7) is 0.471. The van der Waals surface area contributed by atoms with Gasteiger partial charge in [-0.1, -0.05) is 0 Å². The van der Waals surface area contributed by atoms with E-state index in [2.05, 4.69) is 0 Å². The fourth-order valence-electron chi connectivity index (χ4n) is 1.80. The van der Waals surface area contributed by atoms with E-state index < -0.39 is 14.9 Å². The Kier molecular flexibility index (Phi) is 3.46. The molecular formula is C11H15N3O4S. The molecule has 1 saturated carbocycles. The molecule has 0 radical (unpaired) electrons. The van der Waals surface area contributed by atoms with Crippen molar-refractivity contribution in [2.24, 2.45) is 5.92 Å². The van der Waals surface area contributed by atoms with Gasteiger partial charge in [0.25, 0.3) is 5.69 Å². The second-order valence-corrected chi connectivity index (χ2v) is 6.75. The largest absolute Gasteiger partial charge is 0.393 e. The summed E-state index contributed by atoms with van der Waals surface area (Å²) in [5.74, 6) is 0.426. The minimum Gasteiger partial charge on any atom is -0.393 e. The highest BCUT2D eigenvalue weighted by molar-refractivity contribution is 7.89. The van der Waals surface area contributed by atoms with Crippen LogP contribution in [-0.2, 0) is 10.0 Å². The van der Waals surface area contributed by atoms with Crippen molar-refractivity contribution < 1.29 is 13.3 Å². The van der Waals surface area contributed by atoms with Gasteiger partial charge in [0.1, 0.15) is 5.69 Å². The molecule has 0 unspecified atom stereocenters. The molecule has 1 aromatic rings. The first-order chi connectivity index (χ1) is 8.82. The van der Waals surface area contributed by atoms with Crippen LogP contribution in [0.1, 0.15) is 12.8 Å². The number of nitrogens with zero attached hydrogens (tertiary/aromatic N) is 2. The van der Waals surface area contributed by atoms with E-state index in [9.17, 15) is 18.5 Å². The number of nitrogen functional groups attached to an aromatic ring is 1. The topological polar surface area (TPSA) is 107 Å². The van der Waals surface area contributed by atoms with Gasteiger partial charge in [0.2, 0.25) is 10.0 Å². The highest BCUT2D eigenvalue weighted by Gasteiger charge is 2.29. The number of benzene rings is 1. The van der Waals surface area contributed by atoms with Gasteiger partial charge in [-0.05, 0) is 30.9 Å². The molecule has 0 aliphatic heterocycles. The Labute approximate surface area is 111 Å². The Balaban J connectivity index is 2.29. The van der Waals surface area contributed by atoms with Crippen LogP contribution in [0, 0.1) is 16.0 Å². The second-order valence-electron chi connectivity index (χ2n) is 4.71. The van der Waals surface area contributed by atoms with Crippen LogP contribution in [0.2, 0.25) is 0 Å². The van der Waals surface area contributed by atoms with Crippen LogP contribution in [-0.4, -0.2) is 31.2 Å². The van der Waals surface area contributed by atoms with Crippen LogP contribution < -0.4 is 5.73 Å². The van der Waals surface area contributed by atoms with Crippen LogP contribution in [0.3, 0.4) is 0 Å². The zero-order valence-corrected chi connectivity index (χ0v) is 11.3. The average Bonchev–Trinajstić information content (AvgIpc) is 3.12. The molecule has 0 aromatic heterocycles. The molecule has 7 nitrogen and oxygen atoms in total. The fraction of sp³-hybridized carbons (Fsp3) is 0.455. The number of rotatable bonds is 5. The average molecular weight is 285 g/mol. The van der Waals surface area contributed by atoms with Crippen LogP contribution in [0.25, 0.3) is 0 Å². The summed E-state index contributed by atoms with van der Waals surface area (Å²) in [6.07, 6.45) is 2.09. The molecule has 0 heterocycles. The molecule has 1 aromatic carbocycles. The third-order valence-corrected chi connectivity index (χ3v) is 4.94. The van der Waals surface area contributed by atoms with Gasteiger partial charge in [-0.25, -0.2) is 12.7 Å². The predicted molar refractivity (Wildman–Crippen MR) is 70.0 cm³/mol. The van der Waals surface area contributed by atoms with Gasteiger partial charge in [-0.3, -0.25) is 10.1 Å². The van der Waals surface area contributed by atoms with Gasteiger partial charge >= 0.3 is 0 Å². The monoisotopic (exact) mass is 285 g/mol. The first-order valence-corrected chi connectivity index (χ1v) is 7.26. The van der Waals surface area contributed by atoms with Crippen molar-refractivity contribution in [3.63, 3.8) is 0 Å². The van der Waals surface area contributed by atoms with E-state index in [4.69, 9.17) is 5.73 Å². The molecular weight excluding hydrogens is 270 g/mol. The fourth-order valence-corrected chi connectivity index (χ4v) is 3.08. The van der Waals surface area contributed by atoms with Gasteiger partial charge in [0.05, 0.1) is 9.82 Å². The van der Waals surface area contributed by atoms with Gasteiger partial charge < -0.3 is 5.73 Å². The lowest BCUT2D eigenvalue weighted by molar-refractivity contribution is -0.383. The van der Waals surface area contributed by atoms with Crippen molar-refractivity contribution in [3.8, 4) is 0 Å². The summed E-state index contributed by atoms with van der Waals surface area (Å²) in [5, 5.41) is 10.6. The SMILES string of the molecule is CN(CC1CC1)S(=O)(=O)c1ccc([N+](=O)[O-])c(N)c1. The van der Waals surface area contributed by atoms with Gasteiger partial charge in [0, 0.05) is 19.7 Å². The quantitative estimate of drug-likeness (QED) is 0.497. The van der Waals surface area contributed by atoms with E-state index in [1.165, 1.54) is 17.4 Å². The van der Waals surface area contributed by atoms with Crippen LogP contribution >= 0.6 is 0 Å². The van der Waals surface area contributed by atoms with E-state index in [1.807, 2.05) is 0 Å². The van der Waals surface area contributed by atoms with E-state index in [-0.39, 0.29) is 16.3 Å². The maximum absolute atomic E-state index is 12.2. The van der Waals surface area contributed by atoms with Crippen molar-refractivity contribution in [2.75, 3.05) is 19.3 Å². The zero-order chi connectivity index (χ0) is 14.2. The Morgan fingerprint density at radius 3 is 2.58 bits per heavy atom. The van der Waals surface area contributed by atoms with Crippen molar-refractivity contribution in [1.29, 1.82) is 0 Å². The molecule has 1 aliphatic rings. The minimum absolute atomic E-state index is 0.0150.